The van der Waals surface area contributed by atoms with Crippen LogP contribution in [0.4, 0.5) is 0 Å². The Balaban J connectivity index is 1.77. The monoisotopic (exact) mass is 341 g/mol. The molecule has 0 radical (unpaired) electrons. The molecule has 0 aliphatic carbocycles. The van der Waals surface area contributed by atoms with E-state index in [0.717, 1.165) is 20.9 Å². The molecule has 104 valence electrons. The first kappa shape index (κ1) is 13.8. The van der Waals surface area contributed by atoms with Crippen LogP contribution in [0.5, 0.6) is 0 Å². The summed E-state index contributed by atoms with van der Waals surface area (Å²) in [4.78, 5) is 16.3. The van der Waals surface area contributed by atoms with Crippen molar-refractivity contribution in [2.24, 2.45) is 0 Å². The van der Waals surface area contributed by atoms with Crippen molar-refractivity contribution >= 4 is 32.8 Å². The van der Waals surface area contributed by atoms with Gasteiger partial charge in [0.25, 0.3) is 0 Å². The lowest BCUT2D eigenvalue weighted by Crippen LogP contribution is -2.05. The first-order valence-electron chi connectivity index (χ1n) is 6.49. The zero-order valence-electron chi connectivity index (χ0n) is 11.1. The van der Waals surface area contributed by atoms with Crippen molar-refractivity contribution < 1.29 is 9.53 Å². The molecule has 0 atom stereocenters. The van der Waals surface area contributed by atoms with Crippen molar-refractivity contribution in [1.29, 1.82) is 0 Å². The summed E-state index contributed by atoms with van der Waals surface area (Å²) in [6.07, 6.45) is 1.73. The molecule has 0 unspecified atom stereocenters. The van der Waals surface area contributed by atoms with Crippen LogP contribution in [-0.4, -0.2) is 11.0 Å². The Kier molecular flexibility index (Phi) is 3.97. The molecule has 0 saturated heterocycles. The number of aromatic nitrogens is 1. The smallest absolute Gasteiger partial charge is 0.338 e. The first-order chi connectivity index (χ1) is 10.2. The highest BCUT2D eigenvalue weighted by Crippen LogP contribution is 2.18. The fraction of sp³-hybridized carbons (Fsp3) is 0.0588. The lowest BCUT2D eigenvalue weighted by atomic mass is 10.1. The van der Waals surface area contributed by atoms with Gasteiger partial charge in [-0.05, 0) is 36.4 Å². The van der Waals surface area contributed by atoms with Gasteiger partial charge in [0.1, 0.15) is 6.61 Å². The molecule has 21 heavy (non-hydrogen) atoms. The zero-order valence-corrected chi connectivity index (χ0v) is 12.7. The van der Waals surface area contributed by atoms with E-state index >= 15 is 0 Å². The normalized spacial score (nSPS) is 10.5. The topological polar surface area (TPSA) is 39.2 Å². The van der Waals surface area contributed by atoms with Crippen LogP contribution in [0.1, 0.15) is 15.9 Å². The van der Waals surface area contributed by atoms with Gasteiger partial charge in [-0.3, -0.25) is 4.98 Å². The number of para-hydroxylation sites is 1. The van der Waals surface area contributed by atoms with E-state index in [1.165, 1.54) is 0 Å². The molecule has 0 aliphatic rings. The van der Waals surface area contributed by atoms with Gasteiger partial charge in [-0.15, -0.1) is 0 Å². The summed E-state index contributed by atoms with van der Waals surface area (Å²) >= 11 is 3.34. The summed E-state index contributed by atoms with van der Waals surface area (Å²) in [7, 11) is 0. The Hall–Kier alpha value is -2.20. The molecule has 0 fully saturated rings. The average molecular weight is 342 g/mol. The number of hydrogen-bond donors (Lipinski definition) is 0. The van der Waals surface area contributed by atoms with Crippen molar-refractivity contribution in [3.63, 3.8) is 0 Å². The first-order valence-corrected chi connectivity index (χ1v) is 7.28. The maximum Gasteiger partial charge on any atom is 0.338 e. The van der Waals surface area contributed by atoms with Crippen LogP contribution in [0, 0.1) is 0 Å². The number of rotatable bonds is 3. The minimum atomic E-state index is -0.330. The predicted molar refractivity (Wildman–Crippen MR) is 85.0 cm³/mol. The van der Waals surface area contributed by atoms with Crippen LogP contribution in [0.2, 0.25) is 0 Å². The molecule has 3 rings (SSSR count). The van der Waals surface area contributed by atoms with Gasteiger partial charge in [0.15, 0.2) is 0 Å². The molecular formula is C17H12BrNO2. The van der Waals surface area contributed by atoms with Crippen LogP contribution in [0.25, 0.3) is 10.9 Å². The Bertz CT molecular complexity index is 779. The highest BCUT2D eigenvalue weighted by atomic mass is 79.9. The molecule has 2 aromatic carbocycles. The molecule has 3 nitrogen and oxygen atoms in total. The summed E-state index contributed by atoms with van der Waals surface area (Å²) in [5, 5.41) is 1.00. The molecular weight excluding hydrogens is 330 g/mol. The van der Waals surface area contributed by atoms with Gasteiger partial charge >= 0.3 is 5.97 Å². The molecule has 1 aromatic heterocycles. The number of ether oxygens (including phenoxy) is 1. The van der Waals surface area contributed by atoms with E-state index < -0.39 is 0 Å². The van der Waals surface area contributed by atoms with Gasteiger partial charge in [-0.2, -0.15) is 0 Å². The van der Waals surface area contributed by atoms with Crippen molar-refractivity contribution in [3.05, 3.63) is 76.4 Å². The molecule has 0 aliphatic heterocycles. The fourth-order valence-electron chi connectivity index (χ4n) is 2.09. The molecule has 0 amide bonds. The van der Waals surface area contributed by atoms with Gasteiger partial charge in [0.05, 0.1) is 11.1 Å². The minimum absolute atomic E-state index is 0.234. The van der Waals surface area contributed by atoms with Crippen molar-refractivity contribution in [3.8, 4) is 0 Å². The molecule has 0 N–H and O–H groups in total. The van der Waals surface area contributed by atoms with Crippen LogP contribution in [0.15, 0.2) is 65.3 Å². The Morgan fingerprint density at radius 2 is 1.81 bits per heavy atom. The third kappa shape index (κ3) is 3.11. The van der Waals surface area contributed by atoms with E-state index in [2.05, 4.69) is 20.9 Å². The minimum Gasteiger partial charge on any atom is -0.457 e. The summed E-state index contributed by atoms with van der Waals surface area (Å²) in [5.41, 5.74) is 2.39. The van der Waals surface area contributed by atoms with Gasteiger partial charge < -0.3 is 4.74 Å². The molecule has 0 spiro atoms. The highest BCUT2D eigenvalue weighted by Gasteiger charge is 2.08. The number of esters is 1. The molecule has 0 bridgehead atoms. The van der Waals surface area contributed by atoms with Crippen LogP contribution in [0.3, 0.4) is 0 Å². The van der Waals surface area contributed by atoms with E-state index in [9.17, 15) is 4.79 Å². The van der Waals surface area contributed by atoms with E-state index in [-0.39, 0.29) is 12.6 Å². The summed E-state index contributed by atoms with van der Waals surface area (Å²) in [6.45, 7) is 0.234. The maximum atomic E-state index is 12.0. The van der Waals surface area contributed by atoms with Gasteiger partial charge in [-0.25, -0.2) is 4.79 Å². The van der Waals surface area contributed by atoms with E-state index in [0.29, 0.717) is 5.56 Å². The predicted octanol–water partition coefficient (Wildman–Crippen LogP) is 4.35. The van der Waals surface area contributed by atoms with E-state index in [1.54, 1.807) is 18.3 Å². The van der Waals surface area contributed by atoms with Gasteiger partial charge in [-0.1, -0.05) is 34.1 Å². The van der Waals surface area contributed by atoms with Gasteiger partial charge in [0.2, 0.25) is 0 Å². The van der Waals surface area contributed by atoms with Crippen LogP contribution >= 0.6 is 15.9 Å². The summed E-state index contributed by atoms with van der Waals surface area (Å²) in [5.74, 6) is -0.330. The van der Waals surface area contributed by atoms with Crippen molar-refractivity contribution in [2.75, 3.05) is 0 Å². The number of pyridine rings is 1. The largest absolute Gasteiger partial charge is 0.457 e. The van der Waals surface area contributed by atoms with Gasteiger partial charge in [0, 0.05) is 21.6 Å². The third-order valence-corrected chi connectivity index (χ3v) is 3.71. The number of benzene rings is 2. The number of carbonyl (C=O) groups is 1. The van der Waals surface area contributed by atoms with Crippen LogP contribution < -0.4 is 0 Å². The summed E-state index contributed by atoms with van der Waals surface area (Å²) < 4.78 is 6.31. The zero-order chi connectivity index (χ0) is 14.7. The molecule has 4 heteroatoms. The summed E-state index contributed by atoms with van der Waals surface area (Å²) in [6, 6.07) is 16.8. The van der Waals surface area contributed by atoms with Crippen molar-refractivity contribution in [1.82, 2.24) is 4.98 Å². The number of halogens is 1. The lowest BCUT2D eigenvalue weighted by molar-refractivity contribution is 0.0474. The van der Waals surface area contributed by atoms with E-state index in [4.69, 9.17) is 4.74 Å². The lowest BCUT2D eigenvalue weighted by Gasteiger charge is -2.07. The molecule has 0 saturated carbocycles. The highest BCUT2D eigenvalue weighted by molar-refractivity contribution is 9.10. The van der Waals surface area contributed by atoms with E-state index in [1.807, 2.05) is 42.5 Å². The Morgan fingerprint density at radius 3 is 2.62 bits per heavy atom. The quantitative estimate of drug-likeness (QED) is 0.664. The van der Waals surface area contributed by atoms with Crippen LogP contribution in [-0.2, 0) is 11.3 Å². The second-order valence-corrected chi connectivity index (χ2v) is 5.49. The number of carbonyl (C=O) groups excluding carboxylic acids is 1. The number of nitrogens with zero attached hydrogens (tertiary/aromatic N) is 1. The maximum absolute atomic E-state index is 12.0. The third-order valence-electron chi connectivity index (χ3n) is 3.18. The standard InChI is InChI=1S/C17H12BrNO2/c18-14-7-5-12(6-8-14)17(20)21-11-13-9-10-19-16-4-2-1-3-15(13)16/h1-10H,11H2. The van der Waals surface area contributed by atoms with Crippen molar-refractivity contribution in [2.45, 2.75) is 6.61 Å². The average Bonchev–Trinajstić information content (AvgIpc) is 2.53. The Labute approximate surface area is 130 Å². The molecule has 3 aromatic rings. The number of fused-ring (bicyclic) bond motifs is 1. The second kappa shape index (κ2) is 6.06. The Morgan fingerprint density at radius 1 is 1.05 bits per heavy atom. The number of hydrogen-bond acceptors (Lipinski definition) is 3. The second-order valence-electron chi connectivity index (χ2n) is 4.57. The molecule has 1 heterocycles. The fourth-order valence-corrected chi connectivity index (χ4v) is 2.36. The SMILES string of the molecule is O=C(OCc1ccnc2ccccc12)c1ccc(Br)cc1.